The number of hydrogen-bond acceptors (Lipinski definition) is 0. The second-order valence-corrected chi connectivity index (χ2v) is 6.03. The van der Waals surface area contributed by atoms with Crippen LogP contribution in [0.2, 0.25) is 0 Å². The van der Waals surface area contributed by atoms with E-state index in [1.165, 1.54) is 11.1 Å². The Morgan fingerprint density at radius 2 is 1.78 bits per heavy atom. The van der Waals surface area contributed by atoms with Crippen LogP contribution in [0.1, 0.15) is 47.5 Å². The van der Waals surface area contributed by atoms with Gasteiger partial charge in [0.2, 0.25) is 0 Å². The fourth-order valence-corrected chi connectivity index (χ4v) is 2.55. The molecule has 1 aliphatic carbocycles. The Bertz CT molecular complexity index is 350. The van der Waals surface area contributed by atoms with Crippen LogP contribution in [0.25, 0.3) is 0 Å². The Balaban J connectivity index is 2.69. The van der Waals surface area contributed by atoms with E-state index >= 15 is 0 Å². The van der Waals surface area contributed by atoms with E-state index in [4.69, 9.17) is 0 Å². The third-order valence-corrected chi connectivity index (χ3v) is 4.52. The number of halogens is 1. The number of alkyl halides is 1. The topological polar surface area (TPSA) is 0 Å². The molecular weight excluding hydrogens is 223 g/mol. The maximum Gasteiger partial charge on any atom is 0.103 e. The van der Waals surface area contributed by atoms with Gasteiger partial charge in [-0.2, -0.15) is 0 Å². The molecule has 1 heteroatoms. The van der Waals surface area contributed by atoms with Gasteiger partial charge in [0.05, 0.1) is 0 Å². The largest absolute Gasteiger partial charge is 0.247 e. The van der Waals surface area contributed by atoms with Gasteiger partial charge in [-0.05, 0) is 62.5 Å². The lowest BCUT2D eigenvalue weighted by Gasteiger charge is -2.33. The predicted octanol–water partition coefficient (Wildman–Crippen LogP) is 5.48. The summed E-state index contributed by atoms with van der Waals surface area (Å²) in [7, 11) is 0. The maximum atomic E-state index is 13.8. The molecular formula is C17H27F. The summed E-state index contributed by atoms with van der Waals surface area (Å²) in [5.41, 5.74) is 3.58. The lowest BCUT2D eigenvalue weighted by molar-refractivity contribution is 0.106. The van der Waals surface area contributed by atoms with Gasteiger partial charge in [-0.15, -0.1) is 0 Å². The Morgan fingerprint density at radius 1 is 1.17 bits per heavy atom. The summed E-state index contributed by atoms with van der Waals surface area (Å²) in [6.07, 6.45) is 5.48. The van der Waals surface area contributed by atoms with Gasteiger partial charge in [0, 0.05) is 0 Å². The highest BCUT2D eigenvalue weighted by molar-refractivity contribution is 5.34. The lowest BCUT2D eigenvalue weighted by Crippen LogP contribution is -2.29. The minimum absolute atomic E-state index is 0.212. The highest BCUT2D eigenvalue weighted by Crippen LogP contribution is 2.36. The molecule has 0 aromatic carbocycles. The zero-order valence-corrected chi connectivity index (χ0v) is 12.5. The van der Waals surface area contributed by atoms with Gasteiger partial charge in [0.25, 0.3) is 0 Å². The first kappa shape index (κ1) is 15.2. The number of hydrogen-bond donors (Lipinski definition) is 0. The average molecular weight is 250 g/mol. The van der Waals surface area contributed by atoms with Crippen molar-refractivity contribution in [2.45, 2.75) is 53.6 Å². The van der Waals surface area contributed by atoms with E-state index in [9.17, 15) is 4.39 Å². The van der Waals surface area contributed by atoms with E-state index in [1.807, 2.05) is 13.8 Å². The summed E-state index contributed by atoms with van der Waals surface area (Å²) < 4.78 is 13.8. The van der Waals surface area contributed by atoms with Crippen molar-refractivity contribution in [2.24, 2.45) is 17.8 Å². The highest BCUT2D eigenvalue weighted by atomic mass is 19.1. The second kappa shape index (κ2) is 6.36. The molecule has 0 N–H and O–H groups in total. The molecule has 0 radical (unpaired) electrons. The highest BCUT2D eigenvalue weighted by Gasteiger charge is 2.31. The first-order chi connectivity index (χ1) is 8.32. The summed E-state index contributed by atoms with van der Waals surface area (Å²) in [5, 5.41) is 0. The quantitative estimate of drug-likeness (QED) is 0.582. The SMILES string of the molecule is C=C(C)/C(C)=C(C)\C=C\C1CC(C)C(C)C(F)C1. The van der Waals surface area contributed by atoms with Crippen LogP contribution in [0, 0.1) is 17.8 Å². The molecule has 1 aliphatic rings. The van der Waals surface area contributed by atoms with Crippen molar-refractivity contribution in [1.82, 2.24) is 0 Å². The third kappa shape index (κ3) is 3.83. The molecule has 102 valence electrons. The van der Waals surface area contributed by atoms with Crippen molar-refractivity contribution in [3.8, 4) is 0 Å². The van der Waals surface area contributed by atoms with E-state index in [1.54, 1.807) is 0 Å². The molecule has 0 aromatic rings. The summed E-state index contributed by atoms with van der Waals surface area (Å²) in [6, 6.07) is 0. The Labute approximate surface area is 112 Å². The predicted molar refractivity (Wildman–Crippen MR) is 78.3 cm³/mol. The van der Waals surface area contributed by atoms with Crippen LogP contribution in [0.15, 0.2) is 35.5 Å². The fraction of sp³-hybridized carbons (Fsp3) is 0.647. The molecule has 0 amide bonds. The van der Waals surface area contributed by atoms with Crippen molar-refractivity contribution in [1.29, 1.82) is 0 Å². The van der Waals surface area contributed by atoms with E-state index in [0.29, 0.717) is 18.3 Å². The minimum Gasteiger partial charge on any atom is -0.247 e. The standard InChI is InChI=1S/C17H27F/c1-11(2)14(5)12(3)7-8-16-9-13(4)15(6)17(18)10-16/h7-8,13,15-17H,1,9-10H2,2-6H3/b8-7+,14-12-. The van der Waals surface area contributed by atoms with Gasteiger partial charge >= 0.3 is 0 Å². The molecule has 4 unspecified atom stereocenters. The maximum absolute atomic E-state index is 13.8. The summed E-state index contributed by atoms with van der Waals surface area (Å²) in [6.45, 7) is 14.4. The number of allylic oxidation sites excluding steroid dienone is 5. The van der Waals surface area contributed by atoms with Gasteiger partial charge in [-0.25, -0.2) is 4.39 Å². The van der Waals surface area contributed by atoms with Gasteiger partial charge in [0.15, 0.2) is 0 Å². The van der Waals surface area contributed by atoms with Gasteiger partial charge in [-0.1, -0.05) is 38.2 Å². The van der Waals surface area contributed by atoms with Crippen LogP contribution in [-0.2, 0) is 0 Å². The van der Waals surface area contributed by atoms with Crippen molar-refractivity contribution < 1.29 is 4.39 Å². The molecule has 1 rings (SSSR count). The molecule has 0 spiro atoms. The molecule has 4 atom stereocenters. The molecule has 0 nitrogen and oxygen atoms in total. The normalized spacial score (nSPS) is 34.6. The van der Waals surface area contributed by atoms with Crippen LogP contribution in [0.3, 0.4) is 0 Å². The Morgan fingerprint density at radius 3 is 2.28 bits per heavy atom. The van der Waals surface area contributed by atoms with Gasteiger partial charge in [0.1, 0.15) is 6.17 Å². The summed E-state index contributed by atoms with van der Waals surface area (Å²) in [4.78, 5) is 0. The summed E-state index contributed by atoms with van der Waals surface area (Å²) in [5.74, 6) is 1.08. The molecule has 18 heavy (non-hydrogen) atoms. The zero-order chi connectivity index (χ0) is 13.9. The lowest BCUT2D eigenvalue weighted by atomic mass is 9.74. The third-order valence-electron chi connectivity index (χ3n) is 4.52. The van der Waals surface area contributed by atoms with E-state index < -0.39 is 6.17 Å². The molecule has 1 saturated carbocycles. The fourth-order valence-electron chi connectivity index (χ4n) is 2.55. The van der Waals surface area contributed by atoms with E-state index in [0.717, 1.165) is 12.0 Å². The van der Waals surface area contributed by atoms with Crippen molar-refractivity contribution >= 4 is 0 Å². The second-order valence-electron chi connectivity index (χ2n) is 6.03. The van der Waals surface area contributed by atoms with Crippen LogP contribution in [0.5, 0.6) is 0 Å². The Hall–Kier alpha value is -0.850. The number of rotatable bonds is 3. The van der Waals surface area contributed by atoms with Crippen LogP contribution in [-0.4, -0.2) is 6.17 Å². The van der Waals surface area contributed by atoms with E-state index in [2.05, 4.69) is 39.5 Å². The van der Waals surface area contributed by atoms with Gasteiger partial charge in [-0.3, -0.25) is 0 Å². The van der Waals surface area contributed by atoms with Crippen LogP contribution < -0.4 is 0 Å². The average Bonchev–Trinajstić information content (AvgIpc) is 2.31. The zero-order valence-electron chi connectivity index (χ0n) is 12.5. The molecule has 0 bridgehead atoms. The summed E-state index contributed by atoms with van der Waals surface area (Å²) >= 11 is 0. The molecule has 0 heterocycles. The van der Waals surface area contributed by atoms with Crippen LogP contribution in [0.4, 0.5) is 4.39 Å². The van der Waals surface area contributed by atoms with Crippen molar-refractivity contribution in [3.05, 3.63) is 35.5 Å². The minimum atomic E-state index is -0.644. The smallest absolute Gasteiger partial charge is 0.103 e. The molecule has 0 aliphatic heterocycles. The van der Waals surface area contributed by atoms with E-state index in [-0.39, 0.29) is 5.92 Å². The first-order valence-electron chi connectivity index (χ1n) is 6.98. The molecule has 1 fully saturated rings. The Kier molecular flexibility index (Phi) is 5.37. The van der Waals surface area contributed by atoms with Crippen LogP contribution >= 0.6 is 0 Å². The first-order valence-corrected chi connectivity index (χ1v) is 6.98. The van der Waals surface area contributed by atoms with Gasteiger partial charge < -0.3 is 0 Å². The monoisotopic (exact) mass is 250 g/mol. The van der Waals surface area contributed by atoms with Crippen molar-refractivity contribution in [2.75, 3.05) is 0 Å². The molecule has 0 saturated heterocycles. The molecule has 0 aromatic heterocycles. The van der Waals surface area contributed by atoms with Crippen molar-refractivity contribution in [3.63, 3.8) is 0 Å².